The normalized spacial score (nSPS) is 13.5. The summed E-state index contributed by atoms with van der Waals surface area (Å²) in [7, 11) is 0. The van der Waals surface area contributed by atoms with Gasteiger partial charge in [-0.3, -0.25) is 4.79 Å². The van der Waals surface area contributed by atoms with Crippen LogP contribution in [0.5, 0.6) is 0 Å². The van der Waals surface area contributed by atoms with Gasteiger partial charge in [0.1, 0.15) is 5.78 Å². The number of rotatable bonds is 8. The van der Waals surface area contributed by atoms with Gasteiger partial charge >= 0.3 is 0 Å². The Morgan fingerprint density at radius 1 is 0.955 bits per heavy atom. The van der Waals surface area contributed by atoms with E-state index < -0.39 is 0 Å². The molecule has 0 aliphatic heterocycles. The smallest absolute Gasteiger partial charge is 0.145 e. The van der Waals surface area contributed by atoms with Gasteiger partial charge in [-0.05, 0) is 50.8 Å². The van der Waals surface area contributed by atoms with Crippen molar-refractivity contribution in [3.63, 3.8) is 0 Å². The Kier molecular flexibility index (Phi) is 6.26. The molecule has 0 saturated carbocycles. The first-order chi connectivity index (χ1) is 10.6. The van der Waals surface area contributed by atoms with Gasteiger partial charge in [-0.15, -0.1) is 11.8 Å². The highest BCUT2D eigenvalue weighted by molar-refractivity contribution is 8.01. The average molecular weight is 312 g/mol. The maximum absolute atomic E-state index is 12.1. The summed E-state index contributed by atoms with van der Waals surface area (Å²) in [5.74, 6) is 0.265. The first kappa shape index (κ1) is 16.8. The van der Waals surface area contributed by atoms with Gasteiger partial charge in [0.25, 0.3) is 0 Å². The van der Waals surface area contributed by atoms with Crippen LogP contribution < -0.4 is 0 Å². The molecule has 1 atom stereocenters. The SMILES string of the molecule is CC(=O)C(C)(CCCCc1ccccc1)Sc1ccccc1. The van der Waals surface area contributed by atoms with Crippen molar-refractivity contribution < 1.29 is 4.79 Å². The molecule has 0 amide bonds. The predicted molar refractivity (Wildman–Crippen MR) is 95.4 cm³/mol. The number of benzene rings is 2. The van der Waals surface area contributed by atoms with Gasteiger partial charge < -0.3 is 0 Å². The second-order valence-electron chi connectivity index (χ2n) is 5.89. The van der Waals surface area contributed by atoms with Crippen LogP contribution in [0.2, 0.25) is 0 Å². The van der Waals surface area contributed by atoms with Gasteiger partial charge in [-0.2, -0.15) is 0 Å². The van der Waals surface area contributed by atoms with Gasteiger partial charge in [0.05, 0.1) is 4.75 Å². The fraction of sp³-hybridized carbons (Fsp3) is 0.350. The third-order valence-corrected chi connectivity index (χ3v) is 5.49. The van der Waals surface area contributed by atoms with Gasteiger partial charge in [0.15, 0.2) is 0 Å². The summed E-state index contributed by atoms with van der Waals surface area (Å²) in [6.07, 6.45) is 4.21. The predicted octanol–water partition coefficient (Wildman–Crippen LogP) is 5.54. The highest BCUT2D eigenvalue weighted by Crippen LogP contribution is 2.37. The van der Waals surface area contributed by atoms with E-state index in [-0.39, 0.29) is 10.5 Å². The van der Waals surface area contributed by atoms with Crippen LogP contribution in [0, 0.1) is 0 Å². The molecule has 0 heterocycles. The summed E-state index contributed by atoms with van der Waals surface area (Å²) in [5.41, 5.74) is 1.38. The lowest BCUT2D eigenvalue weighted by atomic mass is 9.97. The quantitative estimate of drug-likeness (QED) is 0.470. The standard InChI is InChI=1S/C20H24OS/c1-17(21)20(2,22-19-14-7-4-8-15-19)16-10-9-13-18-11-5-3-6-12-18/h3-8,11-12,14-15H,9-10,13,16H2,1-2H3. The van der Waals surface area contributed by atoms with Crippen molar-refractivity contribution in [1.82, 2.24) is 0 Å². The molecule has 0 spiro atoms. The fourth-order valence-electron chi connectivity index (χ4n) is 2.48. The van der Waals surface area contributed by atoms with Crippen molar-refractivity contribution >= 4 is 17.5 Å². The van der Waals surface area contributed by atoms with Crippen LogP contribution in [0.1, 0.15) is 38.7 Å². The number of hydrogen-bond donors (Lipinski definition) is 0. The number of unbranched alkanes of at least 4 members (excludes halogenated alkanes) is 1. The highest BCUT2D eigenvalue weighted by atomic mass is 32.2. The van der Waals surface area contributed by atoms with Crippen LogP contribution in [0.25, 0.3) is 0 Å². The molecule has 0 fully saturated rings. The molecule has 1 nitrogen and oxygen atoms in total. The Morgan fingerprint density at radius 3 is 2.14 bits per heavy atom. The maximum atomic E-state index is 12.1. The number of hydrogen-bond acceptors (Lipinski definition) is 2. The number of carbonyl (C=O) groups excluding carboxylic acids is 1. The van der Waals surface area contributed by atoms with Crippen LogP contribution in [0.4, 0.5) is 0 Å². The number of Topliss-reactive ketones (excluding diaryl/α,β-unsaturated/α-hetero) is 1. The van der Waals surface area contributed by atoms with Crippen LogP contribution in [-0.4, -0.2) is 10.5 Å². The molecule has 0 aliphatic rings. The lowest BCUT2D eigenvalue weighted by molar-refractivity contribution is -0.119. The lowest BCUT2D eigenvalue weighted by Gasteiger charge is -2.26. The Bertz CT molecular complexity index is 579. The minimum absolute atomic E-state index is 0.265. The van der Waals surface area contributed by atoms with Crippen molar-refractivity contribution in [3.8, 4) is 0 Å². The number of aryl methyl sites for hydroxylation is 1. The molecule has 0 saturated heterocycles. The van der Waals surface area contributed by atoms with Crippen LogP contribution >= 0.6 is 11.8 Å². The molecule has 2 aromatic rings. The number of thioether (sulfide) groups is 1. The first-order valence-electron chi connectivity index (χ1n) is 7.89. The first-order valence-corrected chi connectivity index (χ1v) is 8.71. The molecule has 2 heteroatoms. The largest absolute Gasteiger partial charge is 0.298 e. The topological polar surface area (TPSA) is 17.1 Å². The summed E-state index contributed by atoms with van der Waals surface area (Å²) >= 11 is 1.70. The van der Waals surface area contributed by atoms with E-state index in [1.165, 1.54) is 10.5 Å². The van der Waals surface area contributed by atoms with E-state index in [0.717, 1.165) is 25.7 Å². The Morgan fingerprint density at radius 2 is 1.55 bits per heavy atom. The minimum atomic E-state index is -0.321. The van der Waals surface area contributed by atoms with Crippen molar-refractivity contribution in [2.45, 2.75) is 49.2 Å². The maximum Gasteiger partial charge on any atom is 0.145 e. The molecular formula is C20H24OS. The van der Waals surface area contributed by atoms with E-state index in [0.29, 0.717) is 0 Å². The second kappa shape index (κ2) is 8.19. The molecule has 116 valence electrons. The highest BCUT2D eigenvalue weighted by Gasteiger charge is 2.30. The van der Waals surface area contributed by atoms with Crippen LogP contribution in [0.3, 0.4) is 0 Å². The summed E-state index contributed by atoms with van der Waals surface area (Å²) in [6.45, 7) is 3.79. The van der Waals surface area contributed by atoms with E-state index in [1.807, 2.05) is 24.3 Å². The molecule has 2 aromatic carbocycles. The molecule has 2 rings (SSSR count). The Labute approximate surface area is 138 Å². The molecule has 22 heavy (non-hydrogen) atoms. The molecule has 0 radical (unpaired) electrons. The van der Waals surface area contributed by atoms with Crippen molar-refractivity contribution in [2.75, 3.05) is 0 Å². The van der Waals surface area contributed by atoms with Crippen LogP contribution in [0.15, 0.2) is 65.6 Å². The molecular weight excluding hydrogens is 288 g/mol. The zero-order chi connectivity index (χ0) is 15.8. The van der Waals surface area contributed by atoms with E-state index in [1.54, 1.807) is 18.7 Å². The molecule has 0 aliphatic carbocycles. The van der Waals surface area contributed by atoms with E-state index in [2.05, 4.69) is 43.3 Å². The average Bonchev–Trinajstić information content (AvgIpc) is 2.53. The van der Waals surface area contributed by atoms with E-state index in [4.69, 9.17) is 0 Å². The zero-order valence-electron chi connectivity index (χ0n) is 13.4. The second-order valence-corrected chi connectivity index (χ2v) is 7.47. The number of carbonyl (C=O) groups is 1. The fourth-order valence-corrected chi connectivity index (χ4v) is 3.69. The van der Waals surface area contributed by atoms with Crippen LogP contribution in [-0.2, 0) is 11.2 Å². The summed E-state index contributed by atoms with van der Waals surface area (Å²) in [5, 5.41) is 0. The molecule has 0 aromatic heterocycles. The third-order valence-electron chi connectivity index (χ3n) is 4.04. The monoisotopic (exact) mass is 312 g/mol. The van der Waals surface area contributed by atoms with Gasteiger partial charge in [-0.25, -0.2) is 0 Å². The van der Waals surface area contributed by atoms with Gasteiger partial charge in [0.2, 0.25) is 0 Å². The van der Waals surface area contributed by atoms with Crippen molar-refractivity contribution in [2.24, 2.45) is 0 Å². The molecule has 0 N–H and O–H groups in total. The lowest BCUT2D eigenvalue weighted by Crippen LogP contribution is -2.29. The van der Waals surface area contributed by atoms with E-state index in [9.17, 15) is 4.79 Å². The van der Waals surface area contributed by atoms with Crippen molar-refractivity contribution in [3.05, 3.63) is 66.2 Å². The number of ketones is 1. The van der Waals surface area contributed by atoms with Gasteiger partial charge in [0, 0.05) is 4.90 Å². The van der Waals surface area contributed by atoms with Gasteiger partial charge in [-0.1, -0.05) is 55.0 Å². The molecule has 1 unspecified atom stereocenters. The summed E-state index contributed by atoms with van der Waals surface area (Å²) in [4.78, 5) is 13.3. The molecule has 0 bridgehead atoms. The summed E-state index contributed by atoms with van der Waals surface area (Å²) in [6, 6.07) is 20.8. The Hall–Kier alpha value is -1.54. The minimum Gasteiger partial charge on any atom is -0.298 e. The third kappa shape index (κ3) is 5.03. The summed E-state index contributed by atoms with van der Waals surface area (Å²) < 4.78 is -0.321. The van der Waals surface area contributed by atoms with Crippen molar-refractivity contribution in [1.29, 1.82) is 0 Å². The van der Waals surface area contributed by atoms with E-state index >= 15 is 0 Å². The zero-order valence-corrected chi connectivity index (χ0v) is 14.2. The Balaban J connectivity index is 1.87.